The molecule has 18 heavy (non-hydrogen) atoms. The smallest absolute Gasteiger partial charge is 0.0162 e. The summed E-state index contributed by atoms with van der Waals surface area (Å²) in [6, 6.07) is 11.1. The van der Waals surface area contributed by atoms with Gasteiger partial charge in [0.05, 0.1) is 0 Å². The summed E-state index contributed by atoms with van der Waals surface area (Å²) in [5, 5.41) is 0. The fraction of sp³-hybridized carbons (Fsp3) is 0.500. The van der Waals surface area contributed by atoms with E-state index in [1.54, 1.807) is 0 Å². The Morgan fingerprint density at radius 2 is 1.50 bits per heavy atom. The van der Waals surface area contributed by atoms with Crippen LogP contribution in [0.5, 0.6) is 0 Å². The second kappa shape index (κ2) is 7.95. The molecule has 1 aliphatic rings. The standard InChI is InChI=1S/C18H24/c1-2-4-6-9-13-17(14-10-7-5-3-1)18-15-11-8-12-16-18/h1,5,8,11-12,15-17H,2,4,6-7,9-10,13-14H2. The number of benzene rings is 1. The van der Waals surface area contributed by atoms with E-state index in [0.29, 0.717) is 0 Å². The van der Waals surface area contributed by atoms with E-state index in [1.807, 2.05) is 0 Å². The lowest BCUT2D eigenvalue weighted by Gasteiger charge is -2.17. The SMILES string of the molecule is C1=CCCCCCC(c2ccccc2)CCCC=1. The maximum atomic E-state index is 3.31. The molecule has 2 rings (SSSR count). The number of allylic oxidation sites excluding steroid dienone is 1. The van der Waals surface area contributed by atoms with Gasteiger partial charge < -0.3 is 0 Å². The Balaban J connectivity index is 1.98. The zero-order valence-electron chi connectivity index (χ0n) is 11.3. The van der Waals surface area contributed by atoms with E-state index < -0.39 is 0 Å². The fourth-order valence-electron chi connectivity index (χ4n) is 2.73. The van der Waals surface area contributed by atoms with Crippen molar-refractivity contribution in [3.05, 3.63) is 53.8 Å². The van der Waals surface area contributed by atoms with Crippen molar-refractivity contribution >= 4 is 0 Å². The summed E-state index contributed by atoms with van der Waals surface area (Å²) in [7, 11) is 0. The van der Waals surface area contributed by atoms with E-state index >= 15 is 0 Å². The van der Waals surface area contributed by atoms with E-state index in [2.05, 4.69) is 48.2 Å². The van der Waals surface area contributed by atoms with Crippen molar-refractivity contribution in [2.75, 3.05) is 0 Å². The van der Waals surface area contributed by atoms with Crippen molar-refractivity contribution in [1.29, 1.82) is 0 Å². The second-order valence-electron chi connectivity index (χ2n) is 5.25. The molecule has 1 unspecified atom stereocenters. The lowest BCUT2D eigenvalue weighted by Crippen LogP contribution is -1.99. The Kier molecular flexibility index (Phi) is 5.82. The molecule has 96 valence electrons. The molecule has 0 aromatic heterocycles. The van der Waals surface area contributed by atoms with Crippen molar-refractivity contribution in [3.8, 4) is 0 Å². The third-order valence-electron chi connectivity index (χ3n) is 3.81. The van der Waals surface area contributed by atoms with Crippen molar-refractivity contribution in [1.82, 2.24) is 0 Å². The molecular formula is C18H24. The summed E-state index contributed by atoms with van der Waals surface area (Å²) in [5.41, 5.74) is 4.84. The quantitative estimate of drug-likeness (QED) is 0.559. The molecule has 1 aromatic rings. The molecule has 0 N–H and O–H groups in total. The van der Waals surface area contributed by atoms with Gasteiger partial charge in [0.25, 0.3) is 0 Å². The molecular weight excluding hydrogens is 216 g/mol. The summed E-state index contributed by atoms with van der Waals surface area (Å²) in [4.78, 5) is 0. The first-order valence-corrected chi connectivity index (χ1v) is 7.41. The van der Waals surface area contributed by atoms with Crippen molar-refractivity contribution in [3.63, 3.8) is 0 Å². The molecule has 1 aromatic carbocycles. The highest BCUT2D eigenvalue weighted by Crippen LogP contribution is 2.28. The number of hydrogen-bond acceptors (Lipinski definition) is 0. The molecule has 1 atom stereocenters. The van der Waals surface area contributed by atoms with Crippen molar-refractivity contribution < 1.29 is 0 Å². The van der Waals surface area contributed by atoms with Crippen LogP contribution in [0, 0.1) is 0 Å². The normalized spacial score (nSPS) is 22.1. The lowest BCUT2D eigenvalue weighted by molar-refractivity contribution is 0.515. The Morgan fingerprint density at radius 3 is 2.33 bits per heavy atom. The molecule has 0 amide bonds. The van der Waals surface area contributed by atoms with Crippen LogP contribution in [0.25, 0.3) is 0 Å². The summed E-state index contributed by atoms with van der Waals surface area (Å²) in [6.07, 6.45) is 14.8. The van der Waals surface area contributed by atoms with Crippen molar-refractivity contribution in [2.45, 2.75) is 57.3 Å². The van der Waals surface area contributed by atoms with Gasteiger partial charge in [0.15, 0.2) is 0 Å². The first-order chi connectivity index (χ1) is 8.97. The number of rotatable bonds is 1. The fourth-order valence-corrected chi connectivity index (χ4v) is 2.73. The van der Waals surface area contributed by atoms with E-state index in [4.69, 9.17) is 0 Å². The monoisotopic (exact) mass is 240 g/mol. The molecule has 0 aliphatic heterocycles. The van der Waals surface area contributed by atoms with E-state index in [1.165, 1.54) is 56.9 Å². The van der Waals surface area contributed by atoms with Crippen LogP contribution in [0.1, 0.15) is 62.8 Å². The average Bonchev–Trinajstić information content (AvgIpc) is 2.40. The van der Waals surface area contributed by atoms with E-state index in [9.17, 15) is 0 Å². The number of hydrogen-bond donors (Lipinski definition) is 0. The molecule has 0 nitrogen and oxygen atoms in total. The molecule has 0 saturated heterocycles. The Labute approximate surface area is 111 Å². The van der Waals surface area contributed by atoms with Gasteiger partial charge >= 0.3 is 0 Å². The van der Waals surface area contributed by atoms with Gasteiger partial charge in [-0.25, -0.2) is 0 Å². The summed E-state index contributed by atoms with van der Waals surface area (Å²) < 4.78 is 0. The highest BCUT2D eigenvalue weighted by atomic mass is 14.2. The van der Waals surface area contributed by atoms with Crippen LogP contribution in [-0.4, -0.2) is 0 Å². The van der Waals surface area contributed by atoms with Crippen molar-refractivity contribution in [2.24, 2.45) is 0 Å². The molecule has 0 radical (unpaired) electrons. The largest absolute Gasteiger partial charge is 0.130 e. The molecule has 0 heteroatoms. The van der Waals surface area contributed by atoms with Crippen LogP contribution in [0.2, 0.25) is 0 Å². The average molecular weight is 240 g/mol. The first kappa shape index (κ1) is 13.2. The van der Waals surface area contributed by atoms with E-state index in [-0.39, 0.29) is 0 Å². The topological polar surface area (TPSA) is 0 Å². The van der Waals surface area contributed by atoms with Crippen LogP contribution >= 0.6 is 0 Å². The van der Waals surface area contributed by atoms with Crippen LogP contribution < -0.4 is 0 Å². The molecule has 0 bridgehead atoms. The second-order valence-corrected chi connectivity index (χ2v) is 5.25. The van der Waals surface area contributed by atoms with Gasteiger partial charge in [0.1, 0.15) is 0 Å². The minimum atomic E-state index is 0.767. The highest BCUT2D eigenvalue weighted by Gasteiger charge is 2.10. The summed E-state index contributed by atoms with van der Waals surface area (Å²) in [6.45, 7) is 0. The first-order valence-electron chi connectivity index (χ1n) is 7.41. The van der Waals surface area contributed by atoms with Crippen LogP contribution in [0.4, 0.5) is 0 Å². The van der Waals surface area contributed by atoms with Crippen LogP contribution in [0.15, 0.2) is 48.2 Å². The van der Waals surface area contributed by atoms with Gasteiger partial charge in [-0.15, -0.1) is 5.73 Å². The van der Waals surface area contributed by atoms with Crippen LogP contribution in [-0.2, 0) is 0 Å². The predicted molar refractivity (Wildman–Crippen MR) is 78.8 cm³/mol. The van der Waals surface area contributed by atoms with Gasteiger partial charge in [-0.05, 0) is 62.2 Å². The molecule has 1 aliphatic carbocycles. The maximum Gasteiger partial charge on any atom is -0.0162 e. The van der Waals surface area contributed by atoms with Gasteiger partial charge in [-0.3, -0.25) is 0 Å². The molecule has 0 fully saturated rings. The Morgan fingerprint density at radius 1 is 0.778 bits per heavy atom. The Bertz CT molecular complexity index is 382. The molecule has 0 saturated carbocycles. The lowest BCUT2D eigenvalue weighted by atomic mass is 9.88. The molecule has 0 heterocycles. The van der Waals surface area contributed by atoms with Gasteiger partial charge in [-0.1, -0.05) is 43.2 Å². The Hall–Kier alpha value is -1.26. The minimum Gasteiger partial charge on any atom is -0.130 e. The third-order valence-corrected chi connectivity index (χ3v) is 3.81. The molecule has 0 spiro atoms. The van der Waals surface area contributed by atoms with Gasteiger partial charge in [0.2, 0.25) is 0 Å². The van der Waals surface area contributed by atoms with Gasteiger partial charge in [0, 0.05) is 0 Å². The zero-order chi connectivity index (χ0) is 12.5. The predicted octanol–water partition coefficient (Wildman–Crippen LogP) is 5.62. The van der Waals surface area contributed by atoms with Gasteiger partial charge in [-0.2, -0.15) is 0 Å². The minimum absolute atomic E-state index is 0.767. The maximum absolute atomic E-state index is 3.31. The zero-order valence-corrected chi connectivity index (χ0v) is 11.3. The third kappa shape index (κ3) is 4.55. The van der Waals surface area contributed by atoms with Crippen LogP contribution in [0.3, 0.4) is 0 Å². The summed E-state index contributed by atoms with van der Waals surface area (Å²) in [5.74, 6) is 0.767. The summed E-state index contributed by atoms with van der Waals surface area (Å²) >= 11 is 0. The van der Waals surface area contributed by atoms with E-state index in [0.717, 1.165) is 5.92 Å². The highest BCUT2D eigenvalue weighted by molar-refractivity contribution is 5.19.